The van der Waals surface area contributed by atoms with Crippen molar-refractivity contribution in [3.8, 4) is 6.07 Å². The zero-order valence-corrected chi connectivity index (χ0v) is 9.38. The van der Waals surface area contributed by atoms with Gasteiger partial charge in [0, 0.05) is 4.88 Å². The summed E-state index contributed by atoms with van der Waals surface area (Å²) < 4.78 is 4.93. The van der Waals surface area contributed by atoms with Crippen LogP contribution in [0.1, 0.15) is 18.7 Å². The fourth-order valence-electron chi connectivity index (χ4n) is 0.930. The molecule has 0 radical (unpaired) electrons. The normalized spacial score (nSPS) is 11.2. The largest absolute Gasteiger partial charge is 0.459 e. The van der Waals surface area contributed by atoms with Gasteiger partial charge in [0.15, 0.2) is 0 Å². The average Bonchev–Trinajstić information content (AvgIpc) is 2.65. The Balaban J connectivity index is 2.81. The number of nitriles is 1. The lowest BCUT2D eigenvalue weighted by Crippen LogP contribution is -2.12. The molecule has 0 bridgehead atoms. The summed E-state index contributed by atoms with van der Waals surface area (Å²) in [5, 5.41) is 10.7. The first-order valence-electron chi connectivity index (χ1n) is 4.49. The summed E-state index contributed by atoms with van der Waals surface area (Å²) in [6.07, 6.45) is 1.33. The van der Waals surface area contributed by atoms with Crippen LogP contribution in [0.15, 0.2) is 23.1 Å². The van der Waals surface area contributed by atoms with Gasteiger partial charge in [0.05, 0.1) is 6.10 Å². The van der Waals surface area contributed by atoms with Crippen molar-refractivity contribution < 1.29 is 9.53 Å². The van der Waals surface area contributed by atoms with Gasteiger partial charge < -0.3 is 4.74 Å². The standard InChI is InChI=1S/C11H11NO2S/c1-8(2)14-11(13)9(7-12)6-10-4-3-5-15-10/h3-6,8H,1-2H3/b9-6-. The molecule has 0 saturated heterocycles. The second kappa shape index (κ2) is 5.32. The zero-order chi connectivity index (χ0) is 11.3. The third kappa shape index (κ3) is 3.56. The van der Waals surface area contributed by atoms with Crippen LogP contribution >= 0.6 is 11.3 Å². The number of hydrogen-bond acceptors (Lipinski definition) is 4. The summed E-state index contributed by atoms with van der Waals surface area (Å²) in [6, 6.07) is 5.54. The highest BCUT2D eigenvalue weighted by Crippen LogP contribution is 2.14. The van der Waals surface area contributed by atoms with Crippen molar-refractivity contribution in [2.75, 3.05) is 0 Å². The van der Waals surface area contributed by atoms with Gasteiger partial charge in [-0.2, -0.15) is 5.26 Å². The molecular formula is C11H11NO2S. The second-order valence-corrected chi connectivity index (χ2v) is 4.12. The first kappa shape index (κ1) is 11.5. The number of ether oxygens (including phenoxy) is 1. The molecule has 0 fully saturated rings. The van der Waals surface area contributed by atoms with Gasteiger partial charge in [-0.1, -0.05) is 6.07 Å². The van der Waals surface area contributed by atoms with Gasteiger partial charge in [-0.15, -0.1) is 11.3 Å². The molecule has 0 aliphatic heterocycles. The second-order valence-electron chi connectivity index (χ2n) is 3.14. The van der Waals surface area contributed by atoms with E-state index in [1.807, 2.05) is 23.6 Å². The lowest BCUT2D eigenvalue weighted by Gasteiger charge is -2.05. The molecule has 3 nitrogen and oxygen atoms in total. The Morgan fingerprint density at radius 3 is 2.87 bits per heavy atom. The van der Waals surface area contributed by atoms with E-state index in [0.29, 0.717) is 0 Å². The first-order chi connectivity index (χ1) is 7.13. The minimum absolute atomic E-state index is 0.0335. The molecule has 1 rings (SSSR count). The number of esters is 1. The predicted octanol–water partition coefficient (Wildman–Crippen LogP) is 2.61. The monoisotopic (exact) mass is 221 g/mol. The minimum atomic E-state index is -0.569. The van der Waals surface area contributed by atoms with Crippen LogP contribution in [0.25, 0.3) is 6.08 Å². The SMILES string of the molecule is CC(C)OC(=O)/C(C#N)=C\c1cccs1. The molecule has 1 aromatic rings. The van der Waals surface area contributed by atoms with E-state index in [-0.39, 0.29) is 11.7 Å². The minimum Gasteiger partial charge on any atom is -0.459 e. The van der Waals surface area contributed by atoms with Crippen LogP contribution in [0.4, 0.5) is 0 Å². The molecule has 0 atom stereocenters. The highest BCUT2D eigenvalue weighted by atomic mass is 32.1. The summed E-state index contributed by atoms with van der Waals surface area (Å²) in [7, 11) is 0. The molecule has 0 amide bonds. The van der Waals surface area contributed by atoms with Gasteiger partial charge in [0.2, 0.25) is 0 Å². The number of hydrogen-bond donors (Lipinski definition) is 0. The Morgan fingerprint density at radius 2 is 2.40 bits per heavy atom. The molecule has 0 aliphatic carbocycles. The van der Waals surface area contributed by atoms with Gasteiger partial charge in [-0.3, -0.25) is 0 Å². The van der Waals surface area contributed by atoms with E-state index in [2.05, 4.69) is 0 Å². The molecule has 1 aromatic heterocycles. The fourth-order valence-corrected chi connectivity index (χ4v) is 1.59. The zero-order valence-electron chi connectivity index (χ0n) is 8.56. The van der Waals surface area contributed by atoms with Gasteiger partial charge in [0.25, 0.3) is 0 Å². The molecule has 0 aliphatic rings. The molecule has 0 unspecified atom stereocenters. The van der Waals surface area contributed by atoms with Gasteiger partial charge in [-0.05, 0) is 31.4 Å². The van der Waals surface area contributed by atoms with E-state index in [0.717, 1.165) is 4.88 Å². The Hall–Kier alpha value is -1.60. The van der Waals surface area contributed by atoms with Crippen LogP contribution in [0, 0.1) is 11.3 Å². The van der Waals surface area contributed by atoms with E-state index in [1.54, 1.807) is 13.8 Å². The summed E-state index contributed by atoms with van der Waals surface area (Å²) in [5.41, 5.74) is 0.0335. The van der Waals surface area contributed by atoms with Crippen LogP contribution in [-0.2, 0) is 9.53 Å². The predicted molar refractivity (Wildman–Crippen MR) is 59.1 cm³/mol. The van der Waals surface area contributed by atoms with Crippen LogP contribution in [-0.4, -0.2) is 12.1 Å². The topological polar surface area (TPSA) is 50.1 Å². The highest BCUT2D eigenvalue weighted by molar-refractivity contribution is 7.10. The van der Waals surface area contributed by atoms with Gasteiger partial charge in [-0.25, -0.2) is 4.79 Å². The number of thiophene rings is 1. The van der Waals surface area contributed by atoms with Crippen molar-refractivity contribution in [2.45, 2.75) is 20.0 Å². The maximum Gasteiger partial charge on any atom is 0.349 e. The van der Waals surface area contributed by atoms with Crippen LogP contribution < -0.4 is 0 Å². The maximum absolute atomic E-state index is 11.4. The summed E-state index contributed by atoms with van der Waals surface area (Å²) in [5.74, 6) is -0.569. The number of carbonyl (C=O) groups excluding carboxylic acids is 1. The Labute approximate surface area is 92.6 Å². The third-order valence-electron chi connectivity index (χ3n) is 1.51. The van der Waals surface area contributed by atoms with Crippen molar-refractivity contribution >= 4 is 23.4 Å². The lowest BCUT2D eigenvalue weighted by molar-refractivity contribution is -0.142. The summed E-state index contributed by atoms with van der Waals surface area (Å²) in [4.78, 5) is 12.3. The average molecular weight is 221 g/mol. The van der Waals surface area contributed by atoms with Gasteiger partial charge in [0.1, 0.15) is 11.6 Å². The molecule has 0 spiro atoms. The molecule has 0 aromatic carbocycles. The highest BCUT2D eigenvalue weighted by Gasteiger charge is 2.12. The molecule has 4 heteroatoms. The van der Waals surface area contributed by atoms with Crippen LogP contribution in [0.2, 0.25) is 0 Å². The van der Waals surface area contributed by atoms with Crippen LogP contribution in [0.5, 0.6) is 0 Å². The van der Waals surface area contributed by atoms with Crippen molar-refractivity contribution in [1.29, 1.82) is 5.26 Å². The molecular weight excluding hydrogens is 210 g/mol. The van der Waals surface area contributed by atoms with Crippen molar-refractivity contribution in [3.63, 3.8) is 0 Å². The van der Waals surface area contributed by atoms with Gasteiger partial charge >= 0.3 is 5.97 Å². The molecule has 15 heavy (non-hydrogen) atoms. The van der Waals surface area contributed by atoms with Crippen molar-refractivity contribution in [3.05, 3.63) is 28.0 Å². The van der Waals surface area contributed by atoms with E-state index < -0.39 is 5.97 Å². The summed E-state index contributed by atoms with van der Waals surface area (Å²) >= 11 is 1.47. The number of carbonyl (C=O) groups is 1. The van der Waals surface area contributed by atoms with E-state index in [9.17, 15) is 4.79 Å². The van der Waals surface area contributed by atoms with Crippen molar-refractivity contribution in [2.24, 2.45) is 0 Å². The van der Waals surface area contributed by atoms with E-state index in [1.165, 1.54) is 17.4 Å². The number of nitrogens with zero attached hydrogens (tertiary/aromatic N) is 1. The first-order valence-corrected chi connectivity index (χ1v) is 5.37. The van der Waals surface area contributed by atoms with Crippen molar-refractivity contribution in [1.82, 2.24) is 0 Å². The Morgan fingerprint density at radius 1 is 1.67 bits per heavy atom. The lowest BCUT2D eigenvalue weighted by atomic mass is 10.2. The molecule has 0 saturated carbocycles. The number of rotatable bonds is 3. The van der Waals surface area contributed by atoms with E-state index >= 15 is 0 Å². The Kier molecular flexibility index (Phi) is 4.07. The van der Waals surface area contributed by atoms with Crippen LogP contribution in [0.3, 0.4) is 0 Å². The Bertz CT molecular complexity index is 399. The smallest absolute Gasteiger partial charge is 0.349 e. The molecule has 0 N–H and O–H groups in total. The summed E-state index contributed by atoms with van der Waals surface area (Å²) in [6.45, 7) is 3.50. The maximum atomic E-state index is 11.4. The molecule has 78 valence electrons. The fraction of sp³-hybridized carbons (Fsp3) is 0.273. The molecule has 1 heterocycles. The van der Waals surface area contributed by atoms with E-state index in [4.69, 9.17) is 10.00 Å². The quantitative estimate of drug-likeness (QED) is 0.448. The third-order valence-corrected chi connectivity index (χ3v) is 2.33.